The van der Waals surface area contributed by atoms with Gasteiger partial charge in [0.05, 0.1) is 6.54 Å². The summed E-state index contributed by atoms with van der Waals surface area (Å²) < 4.78 is 5.14. The van der Waals surface area contributed by atoms with Gasteiger partial charge in [-0.3, -0.25) is 9.59 Å². The summed E-state index contributed by atoms with van der Waals surface area (Å²) in [5.41, 5.74) is 0. The molecule has 1 aromatic heterocycles. The number of aromatic nitrogens is 2. The highest BCUT2D eigenvalue weighted by Gasteiger charge is 2.29. The molecule has 1 fully saturated rings. The van der Waals surface area contributed by atoms with Crippen molar-refractivity contribution in [3.05, 3.63) is 18.2 Å². The van der Waals surface area contributed by atoms with Gasteiger partial charge in [0, 0.05) is 45.1 Å². The van der Waals surface area contributed by atoms with Gasteiger partial charge >= 0.3 is 0 Å². The Morgan fingerprint density at radius 3 is 2.77 bits per heavy atom. The first-order chi connectivity index (χ1) is 10.6. The van der Waals surface area contributed by atoms with Crippen LogP contribution in [-0.2, 0) is 20.9 Å². The number of piperidine rings is 1. The Morgan fingerprint density at radius 2 is 2.18 bits per heavy atom. The minimum Gasteiger partial charge on any atom is -0.372 e. The first-order valence-corrected chi connectivity index (χ1v) is 7.70. The number of nitrogens with zero attached hydrogens (tertiary/aromatic N) is 3. The minimum atomic E-state index is -0.0175. The Balaban J connectivity index is 1.78. The van der Waals surface area contributed by atoms with E-state index in [2.05, 4.69) is 9.97 Å². The van der Waals surface area contributed by atoms with Crippen LogP contribution in [0.3, 0.4) is 0 Å². The van der Waals surface area contributed by atoms with Crippen molar-refractivity contribution in [1.82, 2.24) is 19.8 Å². The van der Waals surface area contributed by atoms with Crippen molar-refractivity contribution in [2.24, 2.45) is 5.92 Å². The van der Waals surface area contributed by atoms with E-state index in [0.717, 1.165) is 5.82 Å². The number of carbonyl (C=O) groups excluding carboxylic acids is 2. The van der Waals surface area contributed by atoms with Gasteiger partial charge in [0.15, 0.2) is 0 Å². The molecule has 1 aliphatic rings. The molecule has 2 rings (SSSR count). The van der Waals surface area contributed by atoms with Gasteiger partial charge in [0.1, 0.15) is 12.4 Å². The van der Waals surface area contributed by atoms with Crippen LogP contribution in [0, 0.1) is 5.92 Å². The molecule has 0 saturated carbocycles. The van der Waals surface area contributed by atoms with Crippen molar-refractivity contribution < 1.29 is 14.3 Å². The summed E-state index contributed by atoms with van der Waals surface area (Å²) in [6.07, 6.45) is 4.84. The minimum absolute atomic E-state index is 0.0108. The Kier molecular flexibility index (Phi) is 5.94. The third-order valence-corrected chi connectivity index (χ3v) is 3.94. The first kappa shape index (κ1) is 16.5. The molecule has 0 spiro atoms. The van der Waals surface area contributed by atoms with Crippen LogP contribution in [0.5, 0.6) is 0 Å². The number of amides is 2. The molecule has 7 heteroatoms. The molecule has 2 heterocycles. The Morgan fingerprint density at radius 1 is 1.45 bits per heavy atom. The molecule has 0 unspecified atom stereocenters. The fraction of sp³-hybridized carbons (Fsp3) is 0.667. The molecule has 0 radical (unpaired) electrons. The van der Waals surface area contributed by atoms with Crippen LogP contribution in [0.4, 0.5) is 0 Å². The summed E-state index contributed by atoms with van der Waals surface area (Å²) in [5.74, 6) is 0.890. The lowest BCUT2D eigenvalue weighted by Gasteiger charge is -2.33. The number of hydrogen-bond donors (Lipinski definition) is 1. The quantitative estimate of drug-likeness (QED) is 0.836. The predicted octanol–water partition coefficient (Wildman–Crippen LogP) is 0.643. The summed E-state index contributed by atoms with van der Waals surface area (Å²) in [5, 5.41) is 0. The maximum absolute atomic E-state index is 12.4. The average molecular weight is 308 g/mol. The zero-order valence-electron chi connectivity index (χ0n) is 13.2. The molecule has 1 N–H and O–H groups in total. The number of ether oxygens (including phenoxy) is 1. The van der Waals surface area contributed by atoms with Crippen molar-refractivity contribution in [2.75, 3.05) is 33.4 Å². The summed E-state index contributed by atoms with van der Waals surface area (Å²) in [6, 6.07) is 0. The molecule has 7 nitrogen and oxygen atoms in total. The predicted molar refractivity (Wildman–Crippen MR) is 80.9 cm³/mol. The summed E-state index contributed by atoms with van der Waals surface area (Å²) >= 11 is 0. The molecule has 0 bridgehead atoms. The molecule has 122 valence electrons. The normalized spacial score (nSPS) is 15.8. The fourth-order valence-electron chi connectivity index (χ4n) is 2.66. The van der Waals surface area contributed by atoms with Crippen molar-refractivity contribution >= 4 is 11.8 Å². The molecular weight excluding hydrogens is 284 g/mol. The van der Waals surface area contributed by atoms with Crippen molar-refractivity contribution in [2.45, 2.75) is 26.3 Å². The lowest BCUT2D eigenvalue weighted by atomic mass is 9.95. The van der Waals surface area contributed by atoms with Gasteiger partial charge in [-0.25, -0.2) is 4.98 Å². The van der Waals surface area contributed by atoms with E-state index in [1.165, 1.54) is 0 Å². The Labute approximate surface area is 130 Å². The third kappa shape index (κ3) is 4.30. The van der Waals surface area contributed by atoms with Gasteiger partial charge in [-0.1, -0.05) is 0 Å². The van der Waals surface area contributed by atoms with E-state index in [1.807, 2.05) is 6.92 Å². The third-order valence-electron chi connectivity index (χ3n) is 3.94. The van der Waals surface area contributed by atoms with Crippen molar-refractivity contribution in [3.63, 3.8) is 0 Å². The Hall–Kier alpha value is -1.89. The van der Waals surface area contributed by atoms with Crippen LogP contribution in [0.15, 0.2) is 12.4 Å². The van der Waals surface area contributed by atoms with Gasteiger partial charge < -0.3 is 19.5 Å². The van der Waals surface area contributed by atoms with Crippen LogP contribution < -0.4 is 0 Å². The second-order valence-corrected chi connectivity index (χ2v) is 5.52. The van der Waals surface area contributed by atoms with Gasteiger partial charge in [-0.05, 0) is 19.8 Å². The number of imidazole rings is 1. The van der Waals surface area contributed by atoms with E-state index in [9.17, 15) is 9.59 Å². The number of likely N-dealkylation sites (tertiary alicyclic amines) is 1. The molecule has 0 aliphatic carbocycles. The Bertz CT molecular complexity index is 481. The molecule has 0 aromatic carbocycles. The van der Waals surface area contributed by atoms with Crippen LogP contribution in [0.2, 0.25) is 0 Å². The second kappa shape index (κ2) is 7.93. The molecular formula is C15H24N4O3. The molecule has 0 atom stereocenters. The van der Waals surface area contributed by atoms with Gasteiger partial charge in [0.2, 0.25) is 11.8 Å². The lowest BCUT2D eigenvalue weighted by Crippen LogP contribution is -2.44. The largest absolute Gasteiger partial charge is 0.372 e. The fourth-order valence-corrected chi connectivity index (χ4v) is 2.66. The number of H-pyrrole nitrogens is 1. The summed E-state index contributed by atoms with van der Waals surface area (Å²) in [7, 11) is 1.79. The van der Waals surface area contributed by atoms with Crippen LogP contribution >= 0.6 is 0 Å². The lowest BCUT2D eigenvalue weighted by molar-refractivity contribution is -0.142. The standard InChI is InChI=1S/C15H24N4O3/c1-3-22-11-14(20)19-8-4-12(5-9-19)15(21)18(2)10-13-16-6-7-17-13/h6-7,12H,3-5,8-11H2,1-2H3,(H,16,17). The van der Waals surface area contributed by atoms with E-state index in [4.69, 9.17) is 4.74 Å². The highest BCUT2D eigenvalue weighted by atomic mass is 16.5. The maximum Gasteiger partial charge on any atom is 0.248 e. The topological polar surface area (TPSA) is 78.5 Å². The van der Waals surface area contributed by atoms with E-state index < -0.39 is 0 Å². The zero-order chi connectivity index (χ0) is 15.9. The maximum atomic E-state index is 12.4. The number of aromatic amines is 1. The first-order valence-electron chi connectivity index (χ1n) is 7.70. The molecule has 2 amide bonds. The molecule has 1 aromatic rings. The second-order valence-electron chi connectivity index (χ2n) is 5.52. The summed E-state index contributed by atoms with van der Waals surface area (Å²) in [4.78, 5) is 34.9. The van der Waals surface area contributed by atoms with E-state index in [1.54, 1.807) is 29.2 Å². The number of rotatable bonds is 6. The molecule has 1 saturated heterocycles. The number of hydrogen-bond acceptors (Lipinski definition) is 4. The monoisotopic (exact) mass is 308 g/mol. The smallest absolute Gasteiger partial charge is 0.248 e. The van der Waals surface area contributed by atoms with Crippen LogP contribution in [-0.4, -0.2) is 64.9 Å². The van der Waals surface area contributed by atoms with E-state index in [-0.39, 0.29) is 24.3 Å². The van der Waals surface area contributed by atoms with E-state index >= 15 is 0 Å². The van der Waals surface area contributed by atoms with Gasteiger partial charge in [-0.15, -0.1) is 0 Å². The number of carbonyl (C=O) groups is 2. The SMILES string of the molecule is CCOCC(=O)N1CCC(C(=O)N(C)Cc2ncc[nH]2)CC1. The molecule has 1 aliphatic heterocycles. The highest BCUT2D eigenvalue weighted by Crippen LogP contribution is 2.20. The van der Waals surface area contributed by atoms with Crippen LogP contribution in [0.25, 0.3) is 0 Å². The average Bonchev–Trinajstić information content (AvgIpc) is 3.05. The van der Waals surface area contributed by atoms with Crippen LogP contribution in [0.1, 0.15) is 25.6 Å². The number of nitrogens with one attached hydrogen (secondary N) is 1. The van der Waals surface area contributed by atoms with Crippen molar-refractivity contribution in [1.29, 1.82) is 0 Å². The highest BCUT2D eigenvalue weighted by molar-refractivity contribution is 5.80. The molecule has 22 heavy (non-hydrogen) atoms. The van der Waals surface area contributed by atoms with Gasteiger partial charge in [0.25, 0.3) is 0 Å². The zero-order valence-corrected chi connectivity index (χ0v) is 13.2. The van der Waals surface area contributed by atoms with Crippen molar-refractivity contribution in [3.8, 4) is 0 Å². The van der Waals surface area contributed by atoms with E-state index in [0.29, 0.717) is 39.1 Å². The van der Waals surface area contributed by atoms with Gasteiger partial charge in [-0.2, -0.15) is 0 Å². The summed E-state index contributed by atoms with van der Waals surface area (Å²) in [6.45, 7) is 4.27.